The molecule has 0 unspecified atom stereocenters. The van der Waals surface area contributed by atoms with Gasteiger partial charge in [-0.25, -0.2) is 0 Å². The molecule has 4 heteroatoms. The van der Waals surface area contributed by atoms with Crippen molar-refractivity contribution in [2.75, 3.05) is 7.11 Å². The lowest BCUT2D eigenvalue weighted by Gasteiger charge is -2.05. The van der Waals surface area contributed by atoms with Crippen LogP contribution in [-0.2, 0) is 13.6 Å². The van der Waals surface area contributed by atoms with E-state index < -0.39 is 0 Å². The molecule has 4 nitrogen and oxygen atoms in total. The molecule has 2 rings (SSSR count). The van der Waals surface area contributed by atoms with Crippen LogP contribution in [0.2, 0.25) is 0 Å². The van der Waals surface area contributed by atoms with E-state index in [4.69, 9.17) is 10.5 Å². The zero-order valence-corrected chi connectivity index (χ0v) is 9.24. The number of aryl methyl sites for hydroxylation is 2. The van der Waals surface area contributed by atoms with Crippen LogP contribution in [0.15, 0.2) is 12.1 Å². The molecule has 2 N–H and O–H groups in total. The van der Waals surface area contributed by atoms with Crippen molar-refractivity contribution in [2.24, 2.45) is 12.8 Å². The third-order valence-corrected chi connectivity index (χ3v) is 2.61. The standard InChI is InChI=1S/C11H15N3O/c1-7-11-9(14(2)13-7)4-8(6-12)5-10(11)15-3/h4-5H,6,12H2,1-3H3. The largest absolute Gasteiger partial charge is 0.496 e. The van der Waals surface area contributed by atoms with Crippen molar-refractivity contribution >= 4 is 10.9 Å². The SMILES string of the molecule is COc1cc(CN)cc2c1c(C)nn2C. The zero-order chi connectivity index (χ0) is 11.0. The minimum Gasteiger partial charge on any atom is -0.496 e. The quantitative estimate of drug-likeness (QED) is 0.805. The molecular formula is C11H15N3O. The molecule has 15 heavy (non-hydrogen) atoms. The molecule has 1 heterocycles. The van der Waals surface area contributed by atoms with Gasteiger partial charge in [-0.3, -0.25) is 4.68 Å². The van der Waals surface area contributed by atoms with Crippen molar-refractivity contribution < 1.29 is 4.74 Å². The number of hydrogen-bond donors (Lipinski definition) is 1. The molecule has 0 amide bonds. The molecule has 0 fully saturated rings. The fraction of sp³-hybridized carbons (Fsp3) is 0.364. The average molecular weight is 205 g/mol. The Hall–Kier alpha value is -1.55. The molecule has 0 radical (unpaired) electrons. The van der Waals surface area contributed by atoms with Crippen molar-refractivity contribution in [1.29, 1.82) is 0 Å². The summed E-state index contributed by atoms with van der Waals surface area (Å²) in [6.07, 6.45) is 0. The van der Waals surface area contributed by atoms with Crippen LogP contribution in [-0.4, -0.2) is 16.9 Å². The van der Waals surface area contributed by atoms with Gasteiger partial charge in [-0.15, -0.1) is 0 Å². The lowest BCUT2D eigenvalue weighted by atomic mass is 10.1. The van der Waals surface area contributed by atoms with E-state index in [1.165, 1.54) is 0 Å². The molecule has 0 aliphatic rings. The van der Waals surface area contributed by atoms with E-state index in [0.29, 0.717) is 6.54 Å². The molecule has 2 aromatic rings. The number of methoxy groups -OCH3 is 1. The van der Waals surface area contributed by atoms with Gasteiger partial charge >= 0.3 is 0 Å². The first-order chi connectivity index (χ1) is 7.17. The Morgan fingerprint density at radius 2 is 2.20 bits per heavy atom. The van der Waals surface area contributed by atoms with Crippen molar-refractivity contribution in [1.82, 2.24) is 9.78 Å². The van der Waals surface area contributed by atoms with Gasteiger partial charge in [-0.1, -0.05) is 0 Å². The van der Waals surface area contributed by atoms with E-state index in [2.05, 4.69) is 11.2 Å². The van der Waals surface area contributed by atoms with Gasteiger partial charge in [0.05, 0.1) is 23.7 Å². The van der Waals surface area contributed by atoms with Crippen LogP contribution in [0, 0.1) is 6.92 Å². The van der Waals surface area contributed by atoms with Crippen LogP contribution < -0.4 is 10.5 Å². The number of nitrogens with two attached hydrogens (primary N) is 1. The summed E-state index contributed by atoms with van der Waals surface area (Å²) in [5.74, 6) is 0.846. The van der Waals surface area contributed by atoms with Gasteiger partial charge < -0.3 is 10.5 Å². The Labute approximate surface area is 88.6 Å². The highest BCUT2D eigenvalue weighted by molar-refractivity contribution is 5.88. The number of fused-ring (bicyclic) bond motifs is 1. The number of hydrogen-bond acceptors (Lipinski definition) is 3. The highest BCUT2D eigenvalue weighted by Gasteiger charge is 2.11. The third kappa shape index (κ3) is 1.47. The van der Waals surface area contributed by atoms with Gasteiger partial charge in [-0.05, 0) is 24.6 Å². The summed E-state index contributed by atoms with van der Waals surface area (Å²) in [6.45, 7) is 2.49. The Balaban J connectivity index is 2.83. The number of nitrogens with zero attached hydrogens (tertiary/aromatic N) is 2. The van der Waals surface area contributed by atoms with Crippen molar-refractivity contribution in [3.63, 3.8) is 0 Å². The summed E-state index contributed by atoms with van der Waals surface area (Å²) in [6, 6.07) is 4.02. The summed E-state index contributed by atoms with van der Waals surface area (Å²) in [5.41, 5.74) is 8.74. The summed E-state index contributed by atoms with van der Waals surface area (Å²) >= 11 is 0. The van der Waals surface area contributed by atoms with Crippen LogP contribution in [0.1, 0.15) is 11.3 Å². The molecule has 0 atom stereocenters. The van der Waals surface area contributed by atoms with Crippen molar-refractivity contribution in [3.8, 4) is 5.75 Å². The fourth-order valence-electron chi connectivity index (χ4n) is 1.88. The second-order valence-electron chi connectivity index (χ2n) is 3.61. The highest BCUT2D eigenvalue weighted by atomic mass is 16.5. The number of aromatic nitrogens is 2. The molecule has 0 aliphatic heterocycles. The molecule has 0 saturated carbocycles. The van der Waals surface area contributed by atoms with E-state index in [-0.39, 0.29) is 0 Å². The molecule has 1 aromatic carbocycles. The molecule has 0 aliphatic carbocycles. The zero-order valence-electron chi connectivity index (χ0n) is 9.24. The van der Waals surface area contributed by atoms with E-state index in [1.807, 2.05) is 24.7 Å². The summed E-state index contributed by atoms with van der Waals surface area (Å²) in [7, 11) is 3.59. The molecule has 0 saturated heterocycles. The molecule has 1 aromatic heterocycles. The number of benzene rings is 1. The van der Waals surface area contributed by atoms with E-state index in [9.17, 15) is 0 Å². The minimum atomic E-state index is 0.510. The topological polar surface area (TPSA) is 53.1 Å². The van der Waals surface area contributed by atoms with Crippen LogP contribution >= 0.6 is 0 Å². The fourth-order valence-corrected chi connectivity index (χ4v) is 1.88. The first-order valence-corrected chi connectivity index (χ1v) is 4.87. The van der Waals surface area contributed by atoms with Crippen molar-refractivity contribution in [3.05, 3.63) is 23.4 Å². The van der Waals surface area contributed by atoms with Gasteiger partial charge in [0.2, 0.25) is 0 Å². The lowest BCUT2D eigenvalue weighted by molar-refractivity contribution is 0.419. The van der Waals surface area contributed by atoms with Gasteiger partial charge in [0, 0.05) is 13.6 Å². The first kappa shape index (κ1) is 9.98. The van der Waals surface area contributed by atoms with Crippen LogP contribution in [0.25, 0.3) is 10.9 Å². The van der Waals surface area contributed by atoms with E-state index in [0.717, 1.165) is 27.9 Å². The molecule has 0 bridgehead atoms. The summed E-state index contributed by atoms with van der Waals surface area (Å²) < 4.78 is 7.21. The summed E-state index contributed by atoms with van der Waals surface area (Å²) in [4.78, 5) is 0. The Bertz CT molecular complexity index is 502. The second kappa shape index (κ2) is 3.55. The molecular weight excluding hydrogens is 190 g/mol. The predicted octanol–water partition coefficient (Wildman–Crippen LogP) is 1.35. The Morgan fingerprint density at radius 1 is 1.47 bits per heavy atom. The van der Waals surface area contributed by atoms with E-state index >= 15 is 0 Å². The minimum absolute atomic E-state index is 0.510. The molecule has 0 spiro atoms. The lowest BCUT2D eigenvalue weighted by Crippen LogP contribution is -1.98. The van der Waals surface area contributed by atoms with Crippen LogP contribution in [0.5, 0.6) is 5.75 Å². The third-order valence-electron chi connectivity index (χ3n) is 2.61. The maximum absolute atomic E-state index is 5.64. The maximum atomic E-state index is 5.64. The van der Waals surface area contributed by atoms with Gasteiger partial charge in [0.25, 0.3) is 0 Å². The van der Waals surface area contributed by atoms with Gasteiger partial charge in [-0.2, -0.15) is 5.10 Å². The van der Waals surface area contributed by atoms with Crippen LogP contribution in [0.4, 0.5) is 0 Å². The van der Waals surface area contributed by atoms with Crippen molar-refractivity contribution in [2.45, 2.75) is 13.5 Å². The second-order valence-corrected chi connectivity index (χ2v) is 3.61. The smallest absolute Gasteiger partial charge is 0.130 e. The number of ether oxygens (including phenoxy) is 1. The van der Waals surface area contributed by atoms with E-state index in [1.54, 1.807) is 7.11 Å². The highest BCUT2D eigenvalue weighted by Crippen LogP contribution is 2.29. The summed E-state index contributed by atoms with van der Waals surface area (Å²) in [5, 5.41) is 5.44. The van der Waals surface area contributed by atoms with Gasteiger partial charge in [0.1, 0.15) is 5.75 Å². The average Bonchev–Trinajstić information content (AvgIpc) is 2.53. The van der Waals surface area contributed by atoms with Gasteiger partial charge in [0.15, 0.2) is 0 Å². The normalized spacial score (nSPS) is 10.9. The molecule has 80 valence electrons. The number of rotatable bonds is 2. The Morgan fingerprint density at radius 3 is 2.80 bits per heavy atom. The van der Waals surface area contributed by atoms with Crippen LogP contribution in [0.3, 0.4) is 0 Å². The maximum Gasteiger partial charge on any atom is 0.130 e. The Kier molecular flexibility index (Phi) is 2.36. The monoisotopic (exact) mass is 205 g/mol. The predicted molar refractivity (Wildman–Crippen MR) is 59.9 cm³/mol. The first-order valence-electron chi connectivity index (χ1n) is 4.87.